The average molecular weight is 293 g/mol. The Kier molecular flexibility index (Phi) is 5.99. The molecule has 1 amide bonds. The van der Waals surface area contributed by atoms with Gasteiger partial charge in [-0.05, 0) is 43.7 Å². The van der Waals surface area contributed by atoms with Crippen LogP contribution in [-0.2, 0) is 4.79 Å². The third kappa shape index (κ3) is 4.70. The van der Waals surface area contributed by atoms with Crippen LogP contribution in [0.4, 0.5) is 10.1 Å². The van der Waals surface area contributed by atoms with Crippen LogP contribution in [0.3, 0.4) is 0 Å². The van der Waals surface area contributed by atoms with E-state index in [1.807, 2.05) is 4.90 Å². The van der Waals surface area contributed by atoms with Crippen LogP contribution in [0.1, 0.15) is 25.7 Å². The molecule has 0 radical (unpaired) electrons. The molecule has 1 aliphatic rings. The van der Waals surface area contributed by atoms with Crippen molar-refractivity contribution in [3.63, 3.8) is 0 Å². The molecular formula is C16H24FN3O. The summed E-state index contributed by atoms with van der Waals surface area (Å²) in [4.78, 5) is 16.2. The van der Waals surface area contributed by atoms with Crippen molar-refractivity contribution in [2.75, 3.05) is 37.6 Å². The second-order valence-electron chi connectivity index (χ2n) is 5.44. The second-order valence-corrected chi connectivity index (χ2v) is 5.44. The van der Waals surface area contributed by atoms with Crippen molar-refractivity contribution in [2.45, 2.75) is 25.7 Å². The lowest BCUT2D eigenvalue weighted by atomic mass is 10.1. The van der Waals surface area contributed by atoms with E-state index in [2.05, 4.69) is 4.90 Å². The Labute approximate surface area is 125 Å². The number of piperazine rings is 1. The fourth-order valence-electron chi connectivity index (χ4n) is 2.62. The number of unbranched alkanes of at least 4 members (excludes halogenated alkanes) is 2. The van der Waals surface area contributed by atoms with Gasteiger partial charge in [-0.25, -0.2) is 4.39 Å². The summed E-state index contributed by atoms with van der Waals surface area (Å²) in [7, 11) is 0. The molecule has 0 atom stereocenters. The van der Waals surface area contributed by atoms with Gasteiger partial charge in [-0.3, -0.25) is 4.79 Å². The molecule has 1 fully saturated rings. The van der Waals surface area contributed by atoms with Gasteiger partial charge >= 0.3 is 0 Å². The van der Waals surface area contributed by atoms with Crippen LogP contribution in [-0.4, -0.2) is 43.5 Å². The molecule has 0 spiro atoms. The highest BCUT2D eigenvalue weighted by molar-refractivity contribution is 5.76. The van der Waals surface area contributed by atoms with E-state index in [1.165, 1.54) is 12.1 Å². The summed E-state index contributed by atoms with van der Waals surface area (Å²) < 4.78 is 12.9. The third-order valence-corrected chi connectivity index (χ3v) is 3.92. The van der Waals surface area contributed by atoms with E-state index in [9.17, 15) is 9.18 Å². The number of rotatable bonds is 6. The minimum absolute atomic E-state index is 0.218. The summed E-state index contributed by atoms with van der Waals surface area (Å²) in [6, 6.07) is 6.54. The van der Waals surface area contributed by atoms with Crippen molar-refractivity contribution in [3.05, 3.63) is 30.1 Å². The fraction of sp³-hybridized carbons (Fsp3) is 0.562. The fourth-order valence-corrected chi connectivity index (χ4v) is 2.62. The Balaban J connectivity index is 1.75. The van der Waals surface area contributed by atoms with Crippen molar-refractivity contribution in [3.8, 4) is 0 Å². The number of amides is 1. The minimum atomic E-state index is -0.218. The summed E-state index contributed by atoms with van der Waals surface area (Å²) in [5.41, 5.74) is 6.46. The van der Waals surface area contributed by atoms with E-state index in [0.29, 0.717) is 13.0 Å². The van der Waals surface area contributed by atoms with Crippen LogP contribution in [0.5, 0.6) is 0 Å². The molecule has 1 saturated heterocycles. The number of carbonyl (C=O) groups excluding carboxylic acids is 1. The molecule has 1 aliphatic heterocycles. The summed E-state index contributed by atoms with van der Waals surface area (Å²) in [5.74, 6) is 0.0239. The normalized spacial score (nSPS) is 15.3. The van der Waals surface area contributed by atoms with E-state index < -0.39 is 0 Å². The minimum Gasteiger partial charge on any atom is -0.368 e. The van der Waals surface area contributed by atoms with Crippen LogP contribution < -0.4 is 10.6 Å². The maximum atomic E-state index is 12.9. The van der Waals surface area contributed by atoms with E-state index in [-0.39, 0.29) is 11.7 Å². The predicted octanol–water partition coefficient (Wildman–Crippen LogP) is 1.99. The maximum absolute atomic E-state index is 12.9. The lowest BCUT2D eigenvalue weighted by molar-refractivity contribution is -0.131. The SMILES string of the molecule is NCCCCCC(=O)N1CCN(c2ccc(F)cc2)CC1. The van der Waals surface area contributed by atoms with Crippen molar-refractivity contribution >= 4 is 11.6 Å². The monoisotopic (exact) mass is 293 g/mol. The number of halogens is 1. The molecule has 0 aliphatic carbocycles. The first-order valence-electron chi connectivity index (χ1n) is 7.69. The topological polar surface area (TPSA) is 49.6 Å². The molecule has 1 heterocycles. The Hall–Kier alpha value is -1.62. The number of hydrogen-bond acceptors (Lipinski definition) is 3. The van der Waals surface area contributed by atoms with Gasteiger partial charge in [0.05, 0.1) is 0 Å². The van der Waals surface area contributed by atoms with E-state index >= 15 is 0 Å². The number of nitrogens with two attached hydrogens (primary N) is 1. The van der Waals surface area contributed by atoms with Gasteiger partial charge in [-0.15, -0.1) is 0 Å². The van der Waals surface area contributed by atoms with Gasteiger partial charge in [0.2, 0.25) is 5.91 Å². The Morgan fingerprint density at radius 1 is 1.05 bits per heavy atom. The van der Waals surface area contributed by atoms with Crippen LogP contribution in [0.25, 0.3) is 0 Å². The molecule has 0 aromatic heterocycles. The van der Waals surface area contributed by atoms with Crippen molar-refractivity contribution in [2.24, 2.45) is 5.73 Å². The molecule has 2 N–H and O–H groups in total. The van der Waals surface area contributed by atoms with Crippen molar-refractivity contribution in [1.29, 1.82) is 0 Å². The zero-order valence-electron chi connectivity index (χ0n) is 12.4. The van der Waals surface area contributed by atoms with E-state index in [0.717, 1.165) is 51.1 Å². The number of nitrogens with zero attached hydrogens (tertiary/aromatic N) is 2. The first kappa shape index (κ1) is 15.8. The van der Waals surface area contributed by atoms with E-state index in [4.69, 9.17) is 5.73 Å². The first-order valence-corrected chi connectivity index (χ1v) is 7.69. The Morgan fingerprint density at radius 3 is 2.33 bits per heavy atom. The van der Waals surface area contributed by atoms with Crippen LogP contribution >= 0.6 is 0 Å². The molecular weight excluding hydrogens is 269 g/mol. The van der Waals surface area contributed by atoms with Gasteiger partial charge in [-0.1, -0.05) is 6.42 Å². The third-order valence-electron chi connectivity index (χ3n) is 3.92. The average Bonchev–Trinajstić information content (AvgIpc) is 2.52. The summed E-state index contributed by atoms with van der Waals surface area (Å²) >= 11 is 0. The van der Waals surface area contributed by atoms with Gasteiger partial charge in [0.1, 0.15) is 5.82 Å². The van der Waals surface area contributed by atoms with Gasteiger partial charge in [0, 0.05) is 38.3 Å². The van der Waals surface area contributed by atoms with Crippen LogP contribution in [0, 0.1) is 5.82 Å². The highest BCUT2D eigenvalue weighted by Gasteiger charge is 2.20. The number of carbonyl (C=O) groups is 1. The van der Waals surface area contributed by atoms with Crippen molar-refractivity contribution in [1.82, 2.24) is 4.90 Å². The molecule has 21 heavy (non-hydrogen) atoms. The molecule has 1 aromatic rings. The largest absolute Gasteiger partial charge is 0.368 e. The van der Waals surface area contributed by atoms with Crippen molar-refractivity contribution < 1.29 is 9.18 Å². The predicted molar refractivity (Wildman–Crippen MR) is 82.7 cm³/mol. The quantitative estimate of drug-likeness (QED) is 0.816. The lowest BCUT2D eigenvalue weighted by Gasteiger charge is -2.36. The molecule has 116 valence electrons. The highest BCUT2D eigenvalue weighted by Crippen LogP contribution is 2.17. The number of hydrogen-bond donors (Lipinski definition) is 1. The first-order chi connectivity index (χ1) is 10.2. The lowest BCUT2D eigenvalue weighted by Crippen LogP contribution is -2.48. The van der Waals surface area contributed by atoms with Gasteiger partial charge in [0.15, 0.2) is 0 Å². The highest BCUT2D eigenvalue weighted by atomic mass is 19.1. The zero-order chi connectivity index (χ0) is 15.1. The maximum Gasteiger partial charge on any atom is 0.222 e. The summed E-state index contributed by atoms with van der Waals surface area (Å²) in [6.07, 6.45) is 3.56. The molecule has 4 nitrogen and oxygen atoms in total. The molecule has 0 unspecified atom stereocenters. The summed E-state index contributed by atoms with van der Waals surface area (Å²) in [5, 5.41) is 0. The molecule has 2 rings (SSSR count). The molecule has 0 bridgehead atoms. The molecule has 0 saturated carbocycles. The zero-order valence-corrected chi connectivity index (χ0v) is 12.4. The Morgan fingerprint density at radius 2 is 1.71 bits per heavy atom. The molecule has 1 aromatic carbocycles. The number of benzene rings is 1. The van der Waals surface area contributed by atoms with Gasteiger partial charge < -0.3 is 15.5 Å². The van der Waals surface area contributed by atoms with E-state index in [1.54, 1.807) is 12.1 Å². The summed E-state index contributed by atoms with van der Waals surface area (Å²) in [6.45, 7) is 3.80. The Bertz CT molecular complexity index is 441. The smallest absolute Gasteiger partial charge is 0.222 e. The van der Waals surface area contributed by atoms with Gasteiger partial charge in [0.25, 0.3) is 0 Å². The molecule has 5 heteroatoms. The van der Waals surface area contributed by atoms with Gasteiger partial charge in [-0.2, -0.15) is 0 Å². The standard InChI is InChI=1S/C16H24FN3O/c17-14-5-7-15(8-6-14)19-10-12-20(13-11-19)16(21)4-2-1-3-9-18/h5-8H,1-4,9-13,18H2. The van der Waals surface area contributed by atoms with Crippen LogP contribution in [0.15, 0.2) is 24.3 Å². The second kappa shape index (κ2) is 7.98. The van der Waals surface area contributed by atoms with Crippen LogP contribution in [0.2, 0.25) is 0 Å². The number of anilines is 1.